The highest BCUT2D eigenvalue weighted by Crippen LogP contribution is 2.28. The third-order valence-corrected chi connectivity index (χ3v) is 4.79. The molecule has 1 atom stereocenters. The molecule has 0 saturated heterocycles. The van der Waals surface area contributed by atoms with Gasteiger partial charge in [-0.15, -0.1) is 0 Å². The fraction of sp³-hybridized carbons (Fsp3) is 0.261. The summed E-state index contributed by atoms with van der Waals surface area (Å²) in [7, 11) is 0. The summed E-state index contributed by atoms with van der Waals surface area (Å²) in [5, 5.41) is 4.17. The molecule has 8 heteroatoms. The number of ether oxygens (including phenoxy) is 1. The summed E-state index contributed by atoms with van der Waals surface area (Å²) >= 11 is 0. The molecule has 4 N–H and O–H groups in total. The van der Waals surface area contributed by atoms with Gasteiger partial charge in [0.2, 0.25) is 5.90 Å². The third-order valence-electron chi connectivity index (χ3n) is 4.79. The normalized spacial score (nSPS) is 16.4. The molecule has 0 radical (unpaired) electrons. The van der Waals surface area contributed by atoms with Crippen molar-refractivity contribution in [3.63, 3.8) is 0 Å². The van der Waals surface area contributed by atoms with Crippen LogP contribution in [0.1, 0.15) is 43.2 Å². The second-order valence-electron chi connectivity index (χ2n) is 8.14. The van der Waals surface area contributed by atoms with Gasteiger partial charge in [0.1, 0.15) is 5.69 Å². The topological polar surface area (TPSA) is 118 Å². The van der Waals surface area contributed by atoms with Crippen LogP contribution in [0.5, 0.6) is 0 Å². The van der Waals surface area contributed by atoms with Gasteiger partial charge < -0.3 is 20.8 Å². The van der Waals surface area contributed by atoms with Crippen LogP contribution in [0, 0.1) is 6.92 Å². The van der Waals surface area contributed by atoms with Crippen LogP contribution in [0.25, 0.3) is 22.3 Å². The number of carbonyl (C=O) groups is 1. The maximum Gasteiger partial charge on any atom is 0.267 e. The zero-order chi connectivity index (χ0) is 22.2. The first kappa shape index (κ1) is 20.5. The Morgan fingerprint density at radius 3 is 2.87 bits per heavy atom. The maximum atomic E-state index is 11.5. The molecule has 1 aromatic carbocycles. The van der Waals surface area contributed by atoms with Gasteiger partial charge in [0.25, 0.3) is 5.91 Å². The van der Waals surface area contributed by atoms with Crippen LogP contribution in [0.15, 0.2) is 53.6 Å². The number of amides is 1. The molecule has 3 aromatic rings. The second-order valence-corrected chi connectivity index (χ2v) is 8.14. The van der Waals surface area contributed by atoms with Crippen molar-refractivity contribution < 1.29 is 9.53 Å². The molecule has 0 spiro atoms. The van der Waals surface area contributed by atoms with E-state index in [1.54, 1.807) is 0 Å². The minimum Gasteiger partial charge on any atom is -0.423 e. The van der Waals surface area contributed by atoms with Gasteiger partial charge in [0, 0.05) is 54.3 Å². The molecule has 8 nitrogen and oxygen atoms in total. The van der Waals surface area contributed by atoms with Crippen molar-refractivity contribution in [2.24, 2.45) is 10.7 Å². The lowest BCUT2D eigenvalue weighted by Crippen LogP contribution is -2.38. The van der Waals surface area contributed by atoms with E-state index < -0.39 is 5.91 Å². The summed E-state index contributed by atoms with van der Waals surface area (Å²) in [4.78, 5) is 28.1. The molecule has 31 heavy (non-hydrogen) atoms. The van der Waals surface area contributed by atoms with Gasteiger partial charge >= 0.3 is 0 Å². The van der Waals surface area contributed by atoms with E-state index in [0.29, 0.717) is 17.6 Å². The molecular formula is C23H25N6O2+. The molecule has 3 heterocycles. The molecule has 1 unspecified atom stereocenters. The van der Waals surface area contributed by atoms with Crippen LogP contribution in [0.3, 0.4) is 0 Å². The van der Waals surface area contributed by atoms with Crippen molar-refractivity contribution >= 4 is 22.7 Å². The Hall–Kier alpha value is -3.81. The van der Waals surface area contributed by atoms with Crippen LogP contribution < -0.4 is 11.1 Å². The maximum absolute atomic E-state index is 11.5. The molecule has 1 aliphatic rings. The Labute approximate surface area is 180 Å². The zero-order valence-electron chi connectivity index (χ0n) is 17.8. The molecule has 1 amide bonds. The molecule has 2 aromatic heterocycles. The van der Waals surface area contributed by atoms with Gasteiger partial charge in [0.05, 0.1) is 13.0 Å². The quantitative estimate of drug-likeness (QED) is 0.532. The summed E-state index contributed by atoms with van der Waals surface area (Å²) in [6.45, 7) is 10.1. The van der Waals surface area contributed by atoms with E-state index in [0.717, 1.165) is 28.5 Å². The van der Waals surface area contributed by atoms with E-state index in [9.17, 15) is 4.79 Å². The Kier molecular flexibility index (Phi) is 5.14. The molecule has 4 rings (SSSR count). The van der Waals surface area contributed by atoms with E-state index in [2.05, 4.69) is 34.1 Å². The number of carbonyl (C=O) groups excluding carboxylic acids is 1. The molecule has 0 saturated carbocycles. The number of aromatic amines is 1. The SMILES string of the molecule is [CH2+]C(C)(C)NC1=CC(CC)N=C(c2ccc3[nH]cc(-c4nccc(C(N)=O)n4)c3c2)O1. The number of benzene rings is 1. The summed E-state index contributed by atoms with van der Waals surface area (Å²) in [5.74, 6) is 0.990. The van der Waals surface area contributed by atoms with Crippen molar-refractivity contribution in [3.8, 4) is 11.4 Å². The lowest BCUT2D eigenvalue weighted by atomic mass is 10.1. The highest BCUT2D eigenvalue weighted by atomic mass is 16.5. The van der Waals surface area contributed by atoms with E-state index >= 15 is 0 Å². The molecule has 1 aliphatic heterocycles. The van der Waals surface area contributed by atoms with Crippen LogP contribution >= 0.6 is 0 Å². The van der Waals surface area contributed by atoms with Gasteiger partial charge in [-0.05, 0) is 30.7 Å². The number of rotatable bonds is 6. The minimum atomic E-state index is -0.597. The first-order valence-electron chi connectivity index (χ1n) is 10.1. The number of hydrogen-bond acceptors (Lipinski definition) is 6. The fourth-order valence-corrected chi connectivity index (χ4v) is 3.33. The molecule has 158 valence electrons. The van der Waals surface area contributed by atoms with Crippen molar-refractivity contribution in [1.29, 1.82) is 0 Å². The Balaban J connectivity index is 1.73. The first-order chi connectivity index (χ1) is 14.7. The first-order valence-corrected chi connectivity index (χ1v) is 10.1. The Morgan fingerprint density at radius 2 is 2.16 bits per heavy atom. The Morgan fingerprint density at radius 1 is 1.35 bits per heavy atom. The molecular weight excluding hydrogens is 392 g/mol. The molecule has 0 bridgehead atoms. The average molecular weight is 417 g/mol. The third kappa shape index (κ3) is 4.37. The number of aliphatic imine (C=N–C) groups is 1. The van der Waals surface area contributed by atoms with Crippen LogP contribution in [-0.2, 0) is 4.74 Å². The second kappa shape index (κ2) is 7.79. The van der Waals surface area contributed by atoms with Crippen LogP contribution in [-0.4, -0.2) is 38.3 Å². The zero-order valence-corrected chi connectivity index (χ0v) is 17.8. The minimum absolute atomic E-state index is 0.00516. The lowest BCUT2D eigenvalue weighted by molar-refractivity contribution is 0.0995. The number of aromatic nitrogens is 3. The van der Waals surface area contributed by atoms with Crippen LogP contribution in [0.4, 0.5) is 0 Å². The number of nitrogens with zero attached hydrogens (tertiary/aromatic N) is 3. The summed E-state index contributed by atoms with van der Waals surface area (Å²) in [6.07, 6.45) is 6.15. The lowest BCUT2D eigenvalue weighted by Gasteiger charge is -2.24. The average Bonchev–Trinajstić information content (AvgIpc) is 3.15. The highest BCUT2D eigenvalue weighted by molar-refractivity contribution is 6.02. The molecule has 0 fully saturated rings. The van der Waals surface area contributed by atoms with E-state index in [1.807, 2.05) is 44.3 Å². The largest absolute Gasteiger partial charge is 0.423 e. The predicted molar refractivity (Wildman–Crippen MR) is 120 cm³/mol. The van der Waals surface area contributed by atoms with Gasteiger partial charge in [0.15, 0.2) is 17.2 Å². The summed E-state index contributed by atoms with van der Waals surface area (Å²) in [5.41, 5.74) is 7.64. The van der Waals surface area contributed by atoms with Gasteiger partial charge in [-0.3, -0.25) is 4.79 Å². The number of H-pyrrole nitrogens is 1. The number of fused-ring (bicyclic) bond motifs is 1. The molecule has 0 aliphatic carbocycles. The summed E-state index contributed by atoms with van der Waals surface area (Å²) < 4.78 is 6.06. The van der Waals surface area contributed by atoms with Crippen LogP contribution in [0.2, 0.25) is 0 Å². The van der Waals surface area contributed by atoms with Crippen molar-refractivity contribution in [3.05, 3.63) is 66.8 Å². The van der Waals surface area contributed by atoms with Crippen molar-refractivity contribution in [1.82, 2.24) is 20.3 Å². The number of nitrogens with one attached hydrogen (secondary N) is 2. The smallest absolute Gasteiger partial charge is 0.267 e. The predicted octanol–water partition coefficient (Wildman–Crippen LogP) is 3.32. The van der Waals surface area contributed by atoms with E-state index in [4.69, 9.17) is 15.5 Å². The van der Waals surface area contributed by atoms with Gasteiger partial charge in [-0.1, -0.05) is 6.92 Å². The monoisotopic (exact) mass is 417 g/mol. The number of hydrogen-bond donors (Lipinski definition) is 3. The number of nitrogens with two attached hydrogens (primary N) is 1. The van der Waals surface area contributed by atoms with E-state index in [-0.39, 0.29) is 17.3 Å². The van der Waals surface area contributed by atoms with Crippen molar-refractivity contribution in [2.75, 3.05) is 0 Å². The van der Waals surface area contributed by atoms with E-state index in [1.165, 1.54) is 12.3 Å². The Bertz CT molecular complexity index is 1200. The van der Waals surface area contributed by atoms with Crippen molar-refractivity contribution in [2.45, 2.75) is 38.8 Å². The fourth-order valence-electron chi connectivity index (χ4n) is 3.33. The standard InChI is InChI=1S/C23H24N6O2/c1-5-14-11-19(29-23(2,3)4)31-22(27-14)13-6-7-17-15(10-13)16(12-26-17)21-25-9-8-18(28-21)20(24)30/h6-12,14,29H,2,5H2,1,3-4H3,(H2-,24,25,26,27,28,30)/p+1. The summed E-state index contributed by atoms with van der Waals surface area (Å²) in [6, 6.07) is 7.38. The van der Waals surface area contributed by atoms with Gasteiger partial charge in [-0.2, -0.15) is 0 Å². The highest BCUT2D eigenvalue weighted by Gasteiger charge is 2.25. The van der Waals surface area contributed by atoms with Gasteiger partial charge in [-0.25, -0.2) is 15.0 Å². The number of primary amides is 1.